The Morgan fingerprint density at radius 3 is 1.90 bits per heavy atom. The maximum Gasteiger partial charge on any atom is 0.416 e. The number of anilines is 1. The second kappa shape index (κ2) is 16.0. The van der Waals surface area contributed by atoms with Crippen molar-refractivity contribution in [3.05, 3.63) is 178 Å². The second-order valence-electron chi connectivity index (χ2n) is 15.3. The Hall–Kier alpha value is -7.06. The first-order valence-corrected chi connectivity index (χ1v) is 21.3. The van der Waals surface area contributed by atoms with Crippen molar-refractivity contribution in [2.75, 3.05) is 12.0 Å². The van der Waals surface area contributed by atoms with Gasteiger partial charge in [-0.25, -0.2) is 23.2 Å². The van der Waals surface area contributed by atoms with E-state index < -0.39 is 39.3 Å². The van der Waals surface area contributed by atoms with E-state index in [-0.39, 0.29) is 34.3 Å². The molecule has 0 unspecified atom stereocenters. The first-order chi connectivity index (χ1) is 29.8. The van der Waals surface area contributed by atoms with E-state index >= 15 is 0 Å². The van der Waals surface area contributed by atoms with E-state index in [1.165, 1.54) is 12.4 Å². The Bertz CT molecular complexity index is 3200. The molecule has 0 radical (unpaired) electrons. The number of rotatable bonds is 6. The molecule has 7 aromatic carbocycles. The number of hydrogen-bond donors (Lipinski definition) is 2. The summed E-state index contributed by atoms with van der Waals surface area (Å²) < 4.78 is 105. The van der Waals surface area contributed by atoms with Gasteiger partial charge in [-0.2, -0.15) is 26.3 Å². The SMILES string of the molecule is CS(=O)(=O)c1cc(-c2cccc3ccccc23)c2ccccc2c1-c1ncc(C(=O)O)cn1.Cc1c(Cc2cc(C(F)(F)F)cc(C(F)(F)F)c2)cc2c(c1N)Cc1ccccc1-2. The molecule has 0 bridgehead atoms. The smallest absolute Gasteiger partial charge is 0.416 e. The summed E-state index contributed by atoms with van der Waals surface area (Å²) in [6.45, 7) is 1.74. The van der Waals surface area contributed by atoms with Crippen LogP contribution in [0.1, 0.15) is 49.3 Å². The number of fused-ring (bicyclic) bond motifs is 5. The number of sulfone groups is 1. The van der Waals surface area contributed by atoms with E-state index in [4.69, 9.17) is 5.73 Å². The summed E-state index contributed by atoms with van der Waals surface area (Å²) in [5.41, 5.74) is 11.3. The summed E-state index contributed by atoms with van der Waals surface area (Å²) in [7, 11) is -3.68. The van der Waals surface area contributed by atoms with Gasteiger partial charge in [0.25, 0.3) is 0 Å². The maximum atomic E-state index is 13.2. The van der Waals surface area contributed by atoms with Crippen molar-refractivity contribution in [3.63, 3.8) is 0 Å². The van der Waals surface area contributed by atoms with E-state index in [0.29, 0.717) is 34.2 Å². The molecule has 0 aliphatic heterocycles. The van der Waals surface area contributed by atoms with Crippen LogP contribution in [0.2, 0.25) is 0 Å². The number of nitrogens with two attached hydrogens (primary N) is 1. The molecule has 9 rings (SSSR count). The monoisotopic (exact) mass is 875 g/mol. The summed E-state index contributed by atoms with van der Waals surface area (Å²) in [5, 5.41) is 12.8. The van der Waals surface area contributed by atoms with Crippen molar-refractivity contribution in [1.29, 1.82) is 0 Å². The van der Waals surface area contributed by atoms with Crippen LogP contribution < -0.4 is 5.73 Å². The third-order valence-electron chi connectivity index (χ3n) is 11.2. The summed E-state index contributed by atoms with van der Waals surface area (Å²) in [4.78, 5) is 19.7. The van der Waals surface area contributed by atoms with Gasteiger partial charge in [0.1, 0.15) is 0 Å². The molecule has 0 spiro atoms. The minimum absolute atomic E-state index is 0.0640. The van der Waals surface area contributed by atoms with Crippen LogP contribution in [-0.2, 0) is 35.0 Å². The van der Waals surface area contributed by atoms with Gasteiger partial charge in [0, 0.05) is 36.3 Å². The van der Waals surface area contributed by atoms with Crippen LogP contribution >= 0.6 is 0 Å². The van der Waals surface area contributed by atoms with Crippen LogP contribution in [0, 0.1) is 6.92 Å². The number of halogens is 6. The quantitative estimate of drug-likeness (QED) is 0.126. The highest BCUT2D eigenvalue weighted by atomic mass is 32.2. The van der Waals surface area contributed by atoms with E-state index in [2.05, 4.69) is 9.97 Å². The number of carboxylic acid groups (broad SMARTS) is 1. The number of benzene rings is 7. The van der Waals surface area contributed by atoms with Crippen molar-refractivity contribution in [3.8, 4) is 33.6 Å². The Morgan fingerprint density at radius 2 is 1.27 bits per heavy atom. The molecule has 1 heterocycles. The molecule has 318 valence electrons. The van der Waals surface area contributed by atoms with E-state index in [0.717, 1.165) is 67.9 Å². The molecular weight excluding hydrogens is 841 g/mol. The molecular formula is C49H35F6N3O4S. The van der Waals surface area contributed by atoms with Crippen LogP contribution in [0.4, 0.5) is 32.0 Å². The summed E-state index contributed by atoms with van der Waals surface area (Å²) in [6.07, 6.45) is -5.66. The number of nitrogens with zero attached hydrogens (tertiary/aromatic N) is 2. The predicted octanol–water partition coefficient (Wildman–Crippen LogP) is 12.0. The van der Waals surface area contributed by atoms with Crippen LogP contribution in [0.5, 0.6) is 0 Å². The summed E-state index contributed by atoms with van der Waals surface area (Å²) in [5.74, 6) is -0.998. The zero-order chi connectivity index (χ0) is 45.0. The Kier molecular flexibility index (Phi) is 10.8. The van der Waals surface area contributed by atoms with Crippen LogP contribution in [0.25, 0.3) is 55.2 Å². The molecule has 1 aliphatic carbocycles. The van der Waals surface area contributed by atoms with Crippen LogP contribution in [0.15, 0.2) is 139 Å². The van der Waals surface area contributed by atoms with E-state index in [1.807, 2.05) is 97.1 Å². The number of nitrogen functional groups attached to an aromatic ring is 1. The van der Waals surface area contributed by atoms with Gasteiger partial charge >= 0.3 is 18.3 Å². The first kappa shape index (κ1) is 42.6. The zero-order valence-corrected chi connectivity index (χ0v) is 34.3. The molecule has 0 fully saturated rings. The molecule has 14 heteroatoms. The fourth-order valence-electron chi connectivity index (χ4n) is 8.12. The fourth-order valence-corrected chi connectivity index (χ4v) is 9.02. The molecule has 0 atom stereocenters. The van der Waals surface area contributed by atoms with Crippen molar-refractivity contribution < 1.29 is 44.7 Å². The lowest BCUT2D eigenvalue weighted by Crippen LogP contribution is -2.12. The predicted molar refractivity (Wildman–Crippen MR) is 231 cm³/mol. The number of aromatic carboxylic acids is 1. The van der Waals surface area contributed by atoms with Crippen molar-refractivity contribution in [2.45, 2.75) is 37.0 Å². The first-order valence-electron chi connectivity index (χ1n) is 19.4. The van der Waals surface area contributed by atoms with Gasteiger partial charge in [-0.15, -0.1) is 0 Å². The van der Waals surface area contributed by atoms with Gasteiger partial charge in [-0.1, -0.05) is 97.1 Å². The van der Waals surface area contributed by atoms with E-state index in [1.54, 1.807) is 13.0 Å². The molecule has 0 amide bonds. The van der Waals surface area contributed by atoms with Crippen molar-refractivity contribution >= 4 is 43.0 Å². The number of aromatic nitrogens is 2. The van der Waals surface area contributed by atoms with Gasteiger partial charge in [0.2, 0.25) is 0 Å². The molecule has 63 heavy (non-hydrogen) atoms. The lowest BCUT2D eigenvalue weighted by Gasteiger charge is -2.17. The number of hydrogen-bond acceptors (Lipinski definition) is 6. The highest BCUT2D eigenvalue weighted by Gasteiger charge is 2.37. The third-order valence-corrected chi connectivity index (χ3v) is 12.3. The number of alkyl halides is 6. The highest BCUT2D eigenvalue weighted by Crippen LogP contribution is 2.44. The zero-order valence-electron chi connectivity index (χ0n) is 33.4. The minimum atomic E-state index is -4.87. The normalized spacial score (nSPS) is 12.4. The summed E-state index contributed by atoms with van der Waals surface area (Å²) >= 11 is 0. The van der Waals surface area contributed by atoms with Crippen molar-refractivity contribution in [2.24, 2.45) is 0 Å². The van der Waals surface area contributed by atoms with Crippen LogP contribution in [-0.4, -0.2) is 35.7 Å². The van der Waals surface area contributed by atoms with Gasteiger partial charge in [-0.3, -0.25) is 0 Å². The average Bonchev–Trinajstić information content (AvgIpc) is 3.62. The maximum absolute atomic E-state index is 13.2. The fraction of sp³-hybridized carbons (Fsp3) is 0.122. The molecule has 7 nitrogen and oxygen atoms in total. The molecule has 0 saturated heterocycles. The Labute approximate surface area is 357 Å². The second-order valence-corrected chi connectivity index (χ2v) is 17.3. The van der Waals surface area contributed by atoms with Gasteiger partial charge < -0.3 is 10.8 Å². The molecule has 3 N–H and O–H groups in total. The molecule has 1 aromatic heterocycles. The van der Waals surface area contributed by atoms with Gasteiger partial charge in [0.05, 0.1) is 21.6 Å². The lowest BCUT2D eigenvalue weighted by molar-refractivity contribution is -0.143. The highest BCUT2D eigenvalue weighted by molar-refractivity contribution is 7.90. The number of carboxylic acids is 1. The topological polar surface area (TPSA) is 123 Å². The van der Waals surface area contributed by atoms with Gasteiger partial charge in [0.15, 0.2) is 15.7 Å². The van der Waals surface area contributed by atoms with Gasteiger partial charge in [-0.05, 0) is 109 Å². The van der Waals surface area contributed by atoms with Crippen LogP contribution in [0.3, 0.4) is 0 Å². The molecule has 1 aliphatic rings. The average molecular weight is 876 g/mol. The largest absolute Gasteiger partial charge is 0.478 e. The third kappa shape index (κ3) is 8.33. The number of carbonyl (C=O) groups is 1. The molecule has 0 saturated carbocycles. The van der Waals surface area contributed by atoms with Crippen molar-refractivity contribution in [1.82, 2.24) is 9.97 Å². The molecule has 8 aromatic rings. The summed E-state index contributed by atoms with van der Waals surface area (Å²) in [6, 6.07) is 34.3. The Balaban J connectivity index is 0.000000174. The van der Waals surface area contributed by atoms with E-state index in [9.17, 15) is 44.7 Å². The standard InChI is InChI=1S/C26H18N2O4S.C23H17F6N/c1-33(31,32)23-13-22(19-12-6-8-16-7-2-3-9-18(16)19)20-10-4-5-11-21(20)24(23)25-27-14-17(15-28-25)26(29)30;1-12-15(10-19-18-5-3-2-4-14(18)9-20(19)21(12)30)6-13-7-16(22(24,25)26)11-17(8-13)23(27,28)29/h2-15H,1H3,(H,29,30);2-5,7-8,10-11H,6,9,30H2,1H3. The lowest BCUT2D eigenvalue weighted by atomic mass is 9.91. The Morgan fingerprint density at radius 1 is 0.698 bits per heavy atom. The minimum Gasteiger partial charge on any atom is -0.478 e.